The number of rotatable bonds is 11. The number of hydrogen-bond acceptors (Lipinski definition) is 6. The fourth-order valence-corrected chi connectivity index (χ4v) is 2.61. The Hall–Kier alpha value is -1.96. The van der Waals surface area contributed by atoms with Gasteiger partial charge in [-0.05, 0) is 26.2 Å². The van der Waals surface area contributed by atoms with Gasteiger partial charge < -0.3 is 20.1 Å². The number of Topliss-reactive ketones (excluding diaryl/α,β-unsaturated/α-hetero) is 1. The van der Waals surface area contributed by atoms with Gasteiger partial charge in [-0.2, -0.15) is 0 Å². The molecule has 1 saturated heterocycles. The molecule has 2 unspecified atom stereocenters. The Morgan fingerprint density at radius 2 is 1.85 bits per heavy atom. The third-order valence-electron chi connectivity index (χ3n) is 4.42. The topological polar surface area (TPSA) is 113 Å². The van der Waals surface area contributed by atoms with Crippen molar-refractivity contribution in [3.63, 3.8) is 0 Å². The first-order valence-corrected chi connectivity index (χ1v) is 9.27. The average molecular weight is 370 g/mol. The van der Waals surface area contributed by atoms with Gasteiger partial charge in [-0.15, -0.1) is 0 Å². The summed E-state index contributed by atoms with van der Waals surface area (Å²) in [6, 6.07) is 0. The molecule has 0 spiro atoms. The van der Waals surface area contributed by atoms with Crippen molar-refractivity contribution in [3.05, 3.63) is 0 Å². The van der Waals surface area contributed by atoms with E-state index >= 15 is 0 Å². The summed E-state index contributed by atoms with van der Waals surface area (Å²) < 4.78 is 4.83. The third kappa shape index (κ3) is 7.95. The summed E-state index contributed by atoms with van der Waals surface area (Å²) in [5.74, 6) is -2.96. The van der Waals surface area contributed by atoms with Gasteiger partial charge in [0.2, 0.25) is 11.8 Å². The second-order valence-corrected chi connectivity index (χ2v) is 6.65. The van der Waals surface area contributed by atoms with Crippen LogP contribution in [0.25, 0.3) is 0 Å². The zero-order valence-electron chi connectivity index (χ0n) is 15.7. The van der Waals surface area contributed by atoms with Crippen molar-refractivity contribution >= 4 is 23.6 Å². The number of esters is 1. The van der Waals surface area contributed by atoms with Gasteiger partial charge >= 0.3 is 5.97 Å². The molecule has 2 atom stereocenters. The first-order valence-electron chi connectivity index (χ1n) is 9.27. The van der Waals surface area contributed by atoms with Gasteiger partial charge in [-0.25, -0.2) is 0 Å². The average Bonchev–Trinajstić information content (AvgIpc) is 3.16. The highest BCUT2D eigenvalue weighted by Gasteiger charge is 2.25. The van der Waals surface area contributed by atoms with E-state index in [0.717, 1.165) is 25.7 Å². The molecular weight excluding hydrogens is 340 g/mol. The van der Waals surface area contributed by atoms with E-state index in [1.54, 1.807) is 4.90 Å². The van der Waals surface area contributed by atoms with Crippen LogP contribution in [0.1, 0.15) is 52.4 Å². The predicted octanol–water partition coefficient (Wildman–Crippen LogP) is 0.415. The number of likely N-dealkylation sites (tertiary alicyclic amines) is 1. The fourth-order valence-electron chi connectivity index (χ4n) is 2.61. The Morgan fingerprint density at radius 1 is 1.19 bits per heavy atom. The summed E-state index contributed by atoms with van der Waals surface area (Å²) in [4.78, 5) is 49.1. The Morgan fingerprint density at radius 3 is 2.46 bits per heavy atom. The van der Waals surface area contributed by atoms with Crippen LogP contribution < -0.4 is 5.32 Å². The molecule has 0 saturated carbocycles. The van der Waals surface area contributed by atoms with Crippen LogP contribution in [0.2, 0.25) is 0 Å². The highest BCUT2D eigenvalue weighted by Crippen LogP contribution is 2.08. The van der Waals surface area contributed by atoms with E-state index in [0.29, 0.717) is 19.5 Å². The number of carbonyl (C=O) groups is 4. The number of aliphatic hydroxyl groups excluding tert-OH is 1. The number of nitrogens with one attached hydrogen (secondary N) is 1. The number of aliphatic hydroxyl groups is 1. The van der Waals surface area contributed by atoms with E-state index in [9.17, 15) is 24.3 Å². The minimum absolute atomic E-state index is 0.139. The van der Waals surface area contributed by atoms with Crippen molar-refractivity contribution in [2.75, 3.05) is 26.2 Å². The molecule has 8 heteroatoms. The quantitative estimate of drug-likeness (QED) is 0.402. The molecular formula is C18H30N2O6. The van der Waals surface area contributed by atoms with Crippen LogP contribution in [-0.4, -0.2) is 65.9 Å². The number of amides is 2. The minimum atomic E-state index is -1.01. The predicted molar refractivity (Wildman–Crippen MR) is 94.1 cm³/mol. The van der Waals surface area contributed by atoms with E-state index in [1.807, 2.05) is 6.92 Å². The van der Waals surface area contributed by atoms with Crippen molar-refractivity contribution in [2.45, 2.75) is 58.5 Å². The number of ketones is 1. The Kier molecular flexibility index (Phi) is 9.87. The van der Waals surface area contributed by atoms with Gasteiger partial charge in [0, 0.05) is 13.1 Å². The van der Waals surface area contributed by atoms with Crippen LogP contribution in [0.5, 0.6) is 0 Å². The molecule has 0 aromatic carbocycles. The highest BCUT2D eigenvalue weighted by molar-refractivity contribution is 6.02. The van der Waals surface area contributed by atoms with Gasteiger partial charge in [-0.1, -0.05) is 19.8 Å². The molecule has 148 valence electrons. The van der Waals surface area contributed by atoms with Gasteiger partial charge in [0.05, 0.1) is 25.0 Å². The maximum Gasteiger partial charge on any atom is 0.308 e. The van der Waals surface area contributed by atoms with E-state index in [1.165, 1.54) is 6.92 Å². The van der Waals surface area contributed by atoms with E-state index in [2.05, 4.69) is 5.32 Å². The van der Waals surface area contributed by atoms with Gasteiger partial charge in [0.1, 0.15) is 0 Å². The molecule has 2 amide bonds. The number of unbranched alkanes of at least 4 members (excludes halogenated alkanes) is 1. The van der Waals surface area contributed by atoms with Crippen molar-refractivity contribution in [1.29, 1.82) is 0 Å². The summed E-state index contributed by atoms with van der Waals surface area (Å²) >= 11 is 0. The standard InChI is InChI=1S/C18H30N2O6/c1-3-4-7-14(21)10-17(24)26-12-15(22)13(2)18(25)19-11-16(23)20-8-5-6-9-20/h13-14,21H,3-12H2,1-2H3,(H,19,25). The second kappa shape index (κ2) is 11.6. The van der Waals surface area contributed by atoms with Crippen molar-refractivity contribution < 1.29 is 29.0 Å². The van der Waals surface area contributed by atoms with Gasteiger partial charge in [0.15, 0.2) is 12.4 Å². The first-order chi connectivity index (χ1) is 12.3. The molecule has 0 aromatic heterocycles. The highest BCUT2D eigenvalue weighted by atomic mass is 16.5. The molecule has 1 fully saturated rings. The molecule has 0 aliphatic carbocycles. The minimum Gasteiger partial charge on any atom is -0.458 e. The third-order valence-corrected chi connectivity index (χ3v) is 4.42. The second-order valence-electron chi connectivity index (χ2n) is 6.65. The van der Waals surface area contributed by atoms with E-state index in [-0.39, 0.29) is 18.9 Å². The summed E-state index contributed by atoms with van der Waals surface area (Å²) in [7, 11) is 0. The molecule has 2 N–H and O–H groups in total. The first kappa shape index (κ1) is 22.1. The van der Waals surface area contributed by atoms with Crippen LogP contribution >= 0.6 is 0 Å². The van der Waals surface area contributed by atoms with E-state index in [4.69, 9.17) is 4.74 Å². The number of nitrogens with zero attached hydrogens (tertiary/aromatic N) is 1. The summed E-state index contributed by atoms with van der Waals surface area (Å²) in [6.07, 6.45) is 3.20. The number of ether oxygens (including phenoxy) is 1. The Bertz CT molecular complexity index is 502. The molecule has 1 aliphatic heterocycles. The molecule has 8 nitrogen and oxygen atoms in total. The SMILES string of the molecule is CCCCC(O)CC(=O)OCC(=O)C(C)C(=O)NCC(=O)N1CCCC1. The monoisotopic (exact) mass is 370 g/mol. The molecule has 1 rings (SSSR count). The molecule has 0 bridgehead atoms. The molecule has 0 radical (unpaired) electrons. The Labute approximate surface area is 154 Å². The summed E-state index contributed by atoms with van der Waals surface area (Å²) in [6.45, 7) is 4.12. The molecule has 26 heavy (non-hydrogen) atoms. The van der Waals surface area contributed by atoms with Crippen molar-refractivity contribution in [2.24, 2.45) is 5.92 Å². The lowest BCUT2D eigenvalue weighted by Gasteiger charge is -2.17. The molecule has 1 heterocycles. The lowest BCUT2D eigenvalue weighted by atomic mass is 10.1. The summed E-state index contributed by atoms with van der Waals surface area (Å²) in [5, 5.41) is 12.1. The zero-order valence-corrected chi connectivity index (χ0v) is 15.7. The largest absolute Gasteiger partial charge is 0.458 e. The van der Waals surface area contributed by atoms with Crippen LogP contribution in [0.3, 0.4) is 0 Å². The maximum atomic E-state index is 12.0. The Balaban J connectivity index is 2.26. The lowest BCUT2D eigenvalue weighted by Crippen LogP contribution is -2.42. The van der Waals surface area contributed by atoms with Crippen LogP contribution in [0.4, 0.5) is 0 Å². The smallest absolute Gasteiger partial charge is 0.308 e. The maximum absolute atomic E-state index is 12.0. The van der Waals surface area contributed by atoms with Crippen LogP contribution in [0.15, 0.2) is 0 Å². The van der Waals surface area contributed by atoms with Gasteiger partial charge in [0.25, 0.3) is 0 Å². The summed E-state index contributed by atoms with van der Waals surface area (Å²) in [5.41, 5.74) is 0. The van der Waals surface area contributed by atoms with Gasteiger partial charge in [-0.3, -0.25) is 19.2 Å². The molecule has 1 aliphatic rings. The fraction of sp³-hybridized carbons (Fsp3) is 0.778. The number of carbonyl (C=O) groups excluding carboxylic acids is 4. The van der Waals surface area contributed by atoms with Crippen molar-refractivity contribution in [3.8, 4) is 0 Å². The van der Waals surface area contributed by atoms with Crippen LogP contribution in [-0.2, 0) is 23.9 Å². The lowest BCUT2D eigenvalue weighted by molar-refractivity contribution is -0.152. The normalized spacial score (nSPS) is 16.0. The number of hydrogen-bond donors (Lipinski definition) is 2. The van der Waals surface area contributed by atoms with E-state index < -0.39 is 36.3 Å². The van der Waals surface area contributed by atoms with Crippen molar-refractivity contribution in [1.82, 2.24) is 10.2 Å². The molecule has 0 aromatic rings. The van der Waals surface area contributed by atoms with Crippen LogP contribution in [0, 0.1) is 5.92 Å². The zero-order chi connectivity index (χ0) is 19.5.